The number of nitrogens with one attached hydrogen (secondary N) is 8. The van der Waals surface area contributed by atoms with Crippen molar-refractivity contribution in [2.75, 3.05) is 14.1 Å². The fraction of sp³-hybridized carbons (Fsp3) is 0.576. The maximum atomic E-state index is 11.4. The molecule has 3 aliphatic heterocycles. The van der Waals surface area contributed by atoms with Crippen LogP contribution in [0, 0.1) is 43.4 Å². The summed E-state index contributed by atoms with van der Waals surface area (Å²) in [6.45, 7) is 54.6. The SMILES string of the molecule is C=C1N=C(C(C)C)NO1.C=C1N=C(C(C)C)NO1.C=C1N=C(C(C)C)NS1.CC(C)c1cc(=O)[nH]o1.CC(C)c1cc(=O)[nH]s1.CC(C)c1nn[nH]n1.CNC(=O)C(C)C.CNC(=O)C(C)C.Cc1cocc(C(C)C)c1=O.Cc1nsnc1C(C)C. The molecule has 0 bridgehead atoms. The van der Waals surface area contributed by atoms with Gasteiger partial charge in [-0.2, -0.15) is 29.1 Å². The molecule has 3 aliphatic rings. The zero-order chi connectivity index (χ0) is 67.3. The van der Waals surface area contributed by atoms with Crippen LogP contribution in [-0.2, 0) is 19.3 Å². The van der Waals surface area contributed by atoms with Gasteiger partial charge in [0.25, 0.3) is 11.1 Å². The maximum absolute atomic E-state index is 11.4. The van der Waals surface area contributed by atoms with E-state index in [1.807, 2.05) is 104 Å². The topological polar surface area (TPSA) is 339 Å². The van der Waals surface area contributed by atoms with Gasteiger partial charge in [-0.3, -0.25) is 28.3 Å². The number of nitrogens with zero attached hydrogens (tertiary/aromatic N) is 8. The molecule has 0 aliphatic carbocycles. The monoisotopic (exact) mass is 1270 g/mol. The predicted octanol–water partition coefficient (Wildman–Crippen LogP) is 11.6. The number of hydrogen-bond acceptors (Lipinski definition) is 23. The number of aliphatic imine (C=N–C) groups is 3. The minimum absolute atomic E-state index is 0.0173. The number of aromatic nitrogens is 8. The molecular formula is C59H100N16O9S3. The second kappa shape index (κ2) is 44.0. The standard InChI is InChI=1S/C9H12O2.2C6H10N2O.2C6H10N2S.C6H9NO2.C6H9NOS.2C5H11NO.C4H8N4/c1-6(2)8-5-11-4-7(3)9(8)10;3*1-4(2)6-7-5(3)9-8-6;1-4(2)6-5(3)7-9-8-6;2*1-4(2)5-3-6(8)7-9-5;2*1-4(2)5(7)6-3;1-3(2)4-5-7-8-6-4/h4-6H,1-3H3;3*4H,3H2,1-2H3,(H,7,8);4H,1-3H3;2*3-4H,1-2H3,(H,7,8);2*4H,1-3H3,(H,6,7);3H,1-2H3,(H,5,6,7,8). The molecule has 0 fully saturated rings. The number of aromatic amines is 3. The van der Waals surface area contributed by atoms with E-state index in [0.717, 1.165) is 50.2 Å². The maximum Gasteiger partial charge on any atom is 0.280 e. The first kappa shape index (κ1) is 81.6. The summed E-state index contributed by atoms with van der Waals surface area (Å²) in [7, 11) is 3.28. The van der Waals surface area contributed by atoms with Crippen LogP contribution in [0.15, 0.2) is 99.5 Å². The highest BCUT2D eigenvalue weighted by Crippen LogP contribution is 2.20. The molecule has 488 valence electrons. The summed E-state index contributed by atoms with van der Waals surface area (Å²) in [5.41, 5.74) is 8.91. The Bertz CT molecular complexity index is 2890. The van der Waals surface area contributed by atoms with Gasteiger partial charge in [-0.1, -0.05) is 162 Å². The second-order valence-corrected chi connectivity index (χ2v) is 24.4. The number of carbonyl (C=O) groups is 2. The Morgan fingerprint density at radius 1 is 0.598 bits per heavy atom. The number of tetrazole rings is 1. The molecule has 0 atom stereocenters. The molecule has 0 spiro atoms. The summed E-state index contributed by atoms with van der Waals surface area (Å²) in [5.74, 6) is 8.63. The molecule has 5 aromatic rings. The normalized spacial score (nSPS) is 12.5. The lowest BCUT2D eigenvalue weighted by molar-refractivity contribution is -0.124. The van der Waals surface area contributed by atoms with Crippen LogP contribution in [0.5, 0.6) is 0 Å². The molecule has 8 heterocycles. The van der Waals surface area contributed by atoms with Gasteiger partial charge >= 0.3 is 0 Å². The van der Waals surface area contributed by atoms with Crippen molar-refractivity contribution in [1.29, 1.82) is 0 Å². The molecule has 8 rings (SSSR count). The Labute approximate surface area is 527 Å². The van der Waals surface area contributed by atoms with Crippen molar-refractivity contribution < 1.29 is 28.2 Å². The number of H-pyrrole nitrogens is 3. The summed E-state index contributed by atoms with van der Waals surface area (Å²) in [6, 6.07) is 3.11. The highest BCUT2D eigenvalue weighted by Gasteiger charge is 2.15. The third kappa shape index (κ3) is 36.3. The molecule has 87 heavy (non-hydrogen) atoms. The van der Waals surface area contributed by atoms with E-state index in [0.29, 0.717) is 58.6 Å². The van der Waals surface area contributed by atoms with E-state index in [9.17, 15) is 24.0 Å². The van der Waals surface area contributed by atoms with E-state index < -0.39 is 0 Å². The van der Waals surface area contributed by atoms with E-state index in [2.05, 4.69) is 141 Å². The second-order valence-electron chi connectivity index (χ2n) is 22.1. The summed E-state index contributed by atoms with van der Waals surface area (Å²) in [5, 5.41) is 21.5. The molecular weight excluding hydrogens is 1170 g/mol. The van der Waals surface area contributed by atoms with Crippen LogP contribution in [0.1, 0.15) is 207 Å². The minimum atomic E-state index is -0.168. The van der Waals surface area contributed by atoms with Crippen molar-refractivity contribution >= 4 is 64.5 Å². The molecule has 8 N–H and O–H groups in total. The average Bonchev–Trinajstić information content (AvgIpc) is 4.45. The van der Waals surface area contributed by atoms with Crippen LogP contribution >= 0.6 is 35.2 Å². The van der Waals surface area contributed by atoms with Crippen LogP contribution in [0.3, 0.4) is 0 Å². The summed E-state index contributed by atoms with van der Waals surface area (Å²) in [4.78, 5) is 75.9. The van der Waals surface area contributed by atoms with Crippen molar-refractivity contribution in [2.24, 2.45) is 44.6 Å². The van der Waals surface area contributed by atoms with Crippen LogP contribution in [0.4, 0.5) is 0 Å². The Balaban J connectivity index is 0. The predicted molar refractivity (Wildman–Crippen MR) is 354 cm³/mol. The average molecular weight is 1270 g/mol. The van der Waals surface area contributed by atoms with E-state index in [1.54, 1.807) is 27.1 Å². The van der Waals surface area contributed by atoms with Crippen molar-refractivity contribution in [3.63, 3.8) is 0 Å². The summed E-state index contributed by atoms with van der Waals surface area (Å²) in [6.07, 6.45) is 3.01. The zero-order valence-corrected chi connectivity index (χ0v) is 58.1. The molecule has 25 nitrogen and oxygen atoms in total. The van der Waals surface area contributed by atoms with Crippen LogP contribution in [0.25, 0.3) is 0 Å². The molecule has 2 amide bonds. The van der Waals surface area contributed by atoms with Crippen molar-refractivity contribution in [3.8, 4) is 0 Å². The Hall–Kier alpha value is -7.46. The van der Waals surface area contributed by atoms with Gasteiger partial charge in [0.05, 0.1) is 35.6 Å². The highest BCUT2D eigenvalue weighted by molar-refractivity contribution is 8.02. The van der Waals surface area contributed by atoms with Gasteiger partial charge in [-0.15, -0.1) is 10.2 Å². The van der Waals surface area contributed by atoms with Crippen molar-refractivity contribution in [2.45, 2.75) is 182 Å². The minimum Gasteiger partial charge on any atom is -0.472 e. The highest BCUT2D eigenvalue weighted by atomic mass is 32.2. The summed E-state index contributed by atoms with van der Waals surface area (Å²) >= 11 is 4.20. The number of aryl methyl sites for hydroxylation is 2. The summed E-state index contributed by atoms with van der Waals surface area (Å²) < 4.78 is 23.7. The largest absolute Gasteiger partial charge is 0.472 e. The van der Waals surface area contributed by atoms with Gasteiger partial charge in [0.1, 0.15) is 28.3 Å². The van der Waals surface area contributed by atoms with E-state index in [4.69, 9.17) is 18.6 Å². The molecule has 0 radical (unpaired) electrons. The molecule has 0 aromatic carbocycles. The molecule has 28 heteroatoms. The Morgan fingerprint density at radius 2 is 1.11 bits per heavy atom. The molecule has 0 saturated carbocycles. The molecule has 0 saturated heterocycles. The van der Waals surface area contributed by atoms with Crippen LogP contribution in [0.2, 0.25) is 0 Å². The third-order valence-corrected chi connectivity index (χ3v) is 13.2. The number of amidine groups is 3. The first-order chi connectivity index (χ1) is 40.5. The number of carbonyl (C=O) groups excluding carboxylic acids is 2. The van der Waals surface area contributed by atoms with Gasteiger partial charge in [-0.25, -0.2) is 16.0 Å². The fourth-order valence-corrected chi connectivity index (χ4v) is 7.49. The first-order valence-corrected chi connectivity index (χ1v) is 30.9. The Kier molecular flexibility index (Phi) is 41.3. The van der Waals surface area contributed by atoms with Crippen molar-refractivity contribution in [3.05, 3.63) is 131 Å². The first-order valence-electron chi connectivity index (χ1n) is 28.5. The van der Waals surface area contributed by atoms with Crippen molar-refractivity contribution in [1.82, 2.24) is 65.2 Å². The lowest BCUT2D eigenvalue weighted by Gasteiger charge is -2.02. The smallest absolute Gasteiger partial charge is 0.280 e. The van der Waals surface area contributed by atoms with E-state index >= 15 is 0 Å². The van der Waals surface area contributed by atoms with Gasteiger partial charge in [0.15, 0.2) is 11.3 Å². The quantitative estimate of drug-likeness (QED) is 0.0602. The Morgan fingerprint density at radius 3 is 1.31 bits per heavy atom. The van der Waals surface area contributed by atoms with Gasteiger partial charge in [0.2, 0.25) is 23.6 Å². The van der Waals surface area contributed by atoms with Gasteiger partial charge in [-0.05, 0) is 44.8 Å². The zero-order valence-electron chi connectivity index (χ0n) is 55.7. The molecule has 0 unspecified atom stereocenters. The van der Waals surface area contributed by atoms with Crippen LogP contribution < -0.4 is 42.9 Å². The third-order valence-electron chi connectivity index (χ3n) is 10.8. The number of hydrogen-bond donors (Lipinski definition) is 8. The lowest BCUT2D eigenvalue weighted by Crippen LogP contribution is -2.22. The van der Waals surface area contributed by atoms with Gasteiger partial charge in [0, 0.05) is 95.6 Å². The lowest BCUT2D eigenvalue weighted by atomic mass is 10.0. The van der Waals surface area contributed by atoms with Gasteiger partial charge < -0.3 is 34.0 Å². The van der Waals surface area contributed by atoms with Crippen LogP contribution in [-0.4, -0.2) is 82.3 Å². The number of rotatable bonds is 10. The van der Waals surface area contributed by atoms with E-state index in [-0.39, 0.29) is 52.0 Å². The molecule has 5 aromatic heterocycles. The fourth-order valence-electron chi connectivity index (χ4n) is 5.47. The number of hydroxylamine groups is 2. The number of amides is 2. The van der Waals surface area contributed by atoms with E-state index in [1.165, 1.54) is 53.8 Å².